The van der Waals surface area contributed by atoms with Crippen LogP contribution in [0, 0.1) is 6.92 Å². The van der Waals surface area contributed by atoms with Gasteiger partial charge in [0, 0.05) is 12.5 Å². The molecule has 0 radical (unpaired) electrons. The van der Waals surface area contributed by atoms with Crippen molar-refractivity contribution in [2.24, 2.45) is 0 Å². The van der Waals surface area contributed by atoms with E-state index in [2.05, 4.69) is 5.16 Å². The van der Waals surface area contributed by atoms with E-state index in [0.717, 1.165) is 11.5 Å². The van der Waals surface area contributed by atoms with Crippen molar-refractivity contribution in [2.45, 2.75) is 39.4 Å². The van der Waals surface area contributed by atoms with Crippen LogP contribution in [-0.2, 0) is 15.6 Å². The van der Waals surface area contributed by atoms with Crippen LogP contribution in [0.3, 0.4) is 0 Å². The summed E-state index contributed by atoms with van der Waals surface area (Å²) in [6.07, 6.45) is 0.920. The van der Waals surface area contributed by atoms with Crippen LogP contribution < -0.4 is 0 Å². The predicted octanol–water partition coefficient (Wildman–Crippen LogP) is 2.29. The van der Waals surface area contributed by atoms with E-state index in [1.54, 1.807) is 0 Å². The van der Waals surface area contributed by atoms with E-state index < -0.39 is 8.32 Å². The minimum Gasteiger partial charge on any atom is -0.520 e. The summed E-state index contributed by atoms with van der Waals surface area (Å²) in [5.41, 5.74) is 0.837. The minimum absolute atomic E-state index is 0.150. The first-order valence-corrected chi connectivity index (χ1v) is 8.42. The number of aromatic nitrogens is 1. The Balaban J connectivity index is 2.35. The van der Waals surface area contributed by atoms with Gasteiger partial charge in [0.2, 0.25) is 8.32 Å². The van der Waals surface area contributed by atoms with Crippen LogP contribution in [0.25, 0.3) is 0 Å². The topological polar surface area (TPSA) is 52.3 Å². The summed E-state index contributed by atoms with van der Waals surface area (Å²) < 4.78 is 10.3. The van der Waals surface area contributed by atoms with Crippen molar-refractivity contribution in [3.63, 3.8) is 0 Å². The quantitative estimate of drug-likeness (QED) is 0.741. The molecule has 1 rings (SSSR count). The highest BCUT2D eigenvalue weighted by Crippen LogP contribution is 2.09. The first-order valence-electron chi connectivity index (χ1n) is 5.01. The summed E-state index contributed by atoms with van der Waals surface area (Å²) in [6.45, 7) is 7.82. The lowest BCUT2D eigenvalue weighted by molar-refractivity contribution is -0.135. The average Bonchev–Trinajstić information content (AvgIpc) is 2.45. The molecule has 0 N–H and O–H groups in total. The normalized spacial score (nSPS) is 11.5. The SMILES string of the molecule is Cc1cc(CCC(=O)O[Si](C)(C)C)on1. The minimum atomic E-state index is -1.75. The number of aryl methyl sites for hydroxylation is 2. The zero-order chi connectivity index (χ0) is 11.5. The highest BCUT2D eigenvalue weighted by Gasteiger charge is 2.19. The van der Waals surface area contributed by atoms with E-state index in [1.165, 1.54) is 0 Å². The van der Waals surface area contributed by atoms with Crippen molar-refractivity contribution in [3.05, 3.63) is 17.5 Å². The number of carbonyl (C=O) groups is 1. The first kappa shape index (κ1) is 12.0. The van der Waals surface area contributed by atoms with Crippen LogP contribution in [0.5, 0.6) is 0 Å². The third kappa shape index (κ3) is 4.78. The van der Waals surface area contributed by atoms with Gasteiger partial charge in [0.1, 0.15) is 5.76 Å². The predicted molar refractivity (Wildman–Crippen MR) is 59.0 cm³/mol. The molecule has 0 aliphatic rings. The molecule has 0 unspecified atom stereocenters. The summed E-state index contributed by atoms with van der Waals surface area (Å²) in [4.78, 5) is 11.4. The largest absolute Gasteiger partial charge is 0.520 e. The maximum absolute atomic E-state index is 11.4. The molecule has 0 spiro atoms. The third-order valence-electron chi connectivity index (χ3n) is 1.67. The van der Waals surface area contributed by atoms with E-state index in [1.807, 2.05) is 32.6 Å². The van der Waals surface area contributed by atoms with E-state index in [-0.39, 0.29) is 5.97 Å². The molecule has 0 aromatic carbocycles. The van der Waals surface area contributed by atoms with Crippen LogP contribution in [0.4, 0.5) is 0 Å². The van der Waals surface area contributed by atoms with Gasteiger partial charge >= 0.3 is 0 Å². The van der Waals surface area contributed by atoms with Crippen LogP contribution in [0.2, 0.25) is 19.6 Å². The molecule has 1 heterocycles. The van der Waals surface area contributed by atoms with Crippen molar-refractivity contribution < 1.29 is 13.7 Å². The van der Waals surface area contributed by atoms with Crippen molar-refractivity contribution >= 4 is 14.3 Å². The Morgan fingerprint density at radius 3 is 2.67 bits per heavy atom. The molecule has 0 fully saturated rings. The summed E-state index contributed by atoms with van der Waals surface area (Å²) in [6, 6.07) is 1.84. The molecule has 1 aromatic heterocycles. The Hall–Kier alpha value is -1.10. The number of carbonyl (C=O) groups excluding carboxylic acids is 1. The molecule has 0 aliphatic carbocycles. The molecule has 0 saturated heterocycles. The Bertz CT molecular complexity index is 341. The van der Waals surface area contributed by atoms with Crippen molar-refractivity contribution in [1.82, 2.24) is 5.16 Å². The molecule has 0 atom stereocenters. The fourth-order valence-electron chi connectivity index (χ4n) is 1.15. The van der Waals surface area contributed by atoms with E-state index in [4.69, 9.17) is 8.95 Å². The number of hydrogen-bond acceptors (Lipinski definition) is 4. The fourth-order valence-corrected chi connectivity index (χ4v) is 1.94. The molecular weight excluding hydrogens is 210 g/mol. The second kappa shape index (κ2) is 4.61. The van der Waals surface area contributed by atoms with Crippen molar-refractivity contribution in [1.29, 1.82) is 0 Å². The Morgan fingerprint density at radius 2 is 2.20 bits per heavy atom. The summed E-state index contributed by atoms with van der Waals surface area (Å²) in [7, 11) is -1.75. The monoisotopic (exact) mass is 227 g/mol. The molecule has 0 aliphatic heterocycles. The number of nitrogens with zero attached hydrogens (tertiary/aromatic N) is 1. The van der Waals surface area contributed by atoms with Gasteiger partial charge in [0.15, 0.2) is 0 Å². The maximum atomic E-state index is 11.4. The molecule has 0 saturated carbocycles. The second-order valence-electron chi connectivity index (χ2n) is 4.52. The van der Waals surface area contributed by atoms with Crippen LogP contribution in [-0.4, -0.2) is 19.4 Å². The molecule has 5 heteroatoms. The van der Waals surface area contributed by atoms with Gasteiger partial charge in [0.05, 0.1) is 12.1 Å². The van der Waals surface area contributed by atoms with Crippen LogP contribution in [0.1, 0.15) is 17.9 Å². The zero-order valence-corrected chi connectivity index (χ0v) is 10.7. The standard InChI is InChI=1S/C10H17NO3Si/c1-8-7-9(13-11-8)5-6-10(12)14-15(2,3)4/h7H,5-6H2,1-4H3. The van der Waals surface area contributed by atoms with Gasteiger partial charge < -0.3 is 8.95 Å². The van der Waals surface area contributed by atoms with Gasteiger partial charge in [-0.15, -0.1) is 0 Å². The lowest BCUT2D eigenvalue weighted by Crippen LogP contribution is -2.29. The molecule has 15 heavy (non-hydrogen) atoms. The van der Waals surface area contributed by atoms with Gasteiger partial charge in [-0.3, -0.25) is 4.79 Å². The molecule has 4 nitrogen and oxygen atoms in total. The van der Waals surface area contributed by atoms with E-state index in [9.17, 15) is 4.79 Å². The van der Waals surface area contributed by atoms with Crippen molar-refractivity contribution in [2.75, 3.05) is 0 Å². The summed E-state index contributed by atoms with van der Waals surface area (Å²) in [5.74, 6) is 0.586. The number of hydrogen-bond donors (Lipinski definition) is 0. The van der Waals surface area contributed by atoms with Crippen LogP contribution in [0.15, 0.2) is 10.6 Å². The highest BCUT2D eigenvalue weighted by atomic mass is 28.4. The zero-order valence-electron chi connectivity index (χ0n) is 9.66. The van der Waals surface area contributed by atoms with E-state index >= 15 is 0 Å². The van der Waals surface area contributed by atoms with Gasteiger partial charge in [-0.1, -0.05) is 5.16 Å². The third-order valence-corrected chi connectivity index (χ3v) is 2.51. The van der Waals surface area contributed by atoms with Gasteiger partial charge in [-0.25, -0.2) is 0 Å². The Morgan fingerprint density at radius 1 is 1.53 bits per heavy atom. The summed E-state index contributed by atoms with van der Waals surface area (Å²) in [5, 5.41) is 3.75. The van der Waals surface area contributed by atoms with Crippen molar-refractivity contribution in [3.8, 4) is 0 Å². The van der Waals surface area contributed by atoms with Gasteiger partial charge in [0.25, 0.3) is 5.97 Å². The highest BCUT2D eigenvalue weighted by molar-refractivity contribution is 6.71. The molecule has 0 bridgehead atoms. The van der Waals surface area contributed by atoms with Gasteiger partial charge in [-0.2, -0.15) is 0 Å². The molecule has 1 aromatic rings. The Labute approximate surface area is 90.7 Å². The first-order chi connectivity index (χ1) is 6.87. The smallest absolute Gasteiger partial charge is 0.292 e. The number of rotatable bonds is 4. The van der Waals surface area contributed by atoms with Crippen LogP contribution >= 0.6 is 0 Å². The Kier molecular flexibility index (Phi) is 3.68. The van der Waals surface area contributed by atoms with E-state index in [0.29, 0.717) is 12.8 Å². The molecule has 0 amide bonds. The van der Waals surface area contributed by atoms with Gasteiger partial charge in [-0.05, 0) is 26.6 Å². The summed E-state index contributed by atoms with van der Waals surface area (Å²) >= 11 is 0. The maximum Gasteiger partial charge on any atom is 0.292 e. The second-order valence-corrected chi connectivity index (χ2v) is 8.95. The fraction of sp³-hybridized carbons (Fsp3) is 0.600. The lowest BCUT2D eigenvalue weighted by Gasteiger charge is -2.16. The molecular formula is C10H17NO3Si. The average molecular weight is 227 g/mol. The lowest BCUT2D eigenvalue weighted by atomic mass is 10.2. The molecule has 84 valence electrons.